The summed E-state index contributed by atoms with van der Waals surface area (Å²) in [6.07, 6.45) is 0. The van der Waals surface area contributed by atoms with Gasteiger partial charge in [-0.25, -0.2) is 0 Å². The van der Waals surface area contributed by atoms with Crippen LogP contribution in [-0.4, -0.2) is 70.8 Å². The molecule has 202 valence electrons. The van der Waals surface area contributed by atoms with E-state index in [-0.39, 0.29) is 11.8 Å². The molecule has 2 amide bonds. The number of methoxy groups -OCH3 is 2. The third-order valence-electron chi connectivity index (χ3n) is 6.94. The molecule has 9 nitrogen and oxygen atoms in total. The number of benzene rings is 3. The zero-order chi connectivity index (χ0) is 27.4. The zero-order valence-electron chi connectivity index (χ0n) is 22.3. The van der Waals surface area contributed by atoms with Gasteiger partial charge in [-0.15, -0.1) is 0 Å². The van der Waals surface area contributed by atoms with Gasteiger partial charge in [0.2, 0.25) is 5.91 Å². The van der Waals surface area contributed by atoms with Gasteiger partial charge in [-0.1, -0.05) is 30.3 Å². The number of hydrogen-bond donors (Lipinski definition) is 2. The molecule has 3 aromatic rings. The Morgan fingerprint density at radius 3 is 2.33 bits per heavy atom. The van der Waals surface area contributed by atoms with E-state index in [9.17, 15) is 9.59 Å². The van der Waals surface area contributed by atoms with Crippen molar-refractivity contribution < 1.29 is 23.8 Å². The molecule has 0 spiro atoms. The number of nitrogens with zero attached hydrogens (tertiary/aromatic N) is 2. The van der Waals surface area contributed by atoms with Gasteiger partial charge in [-0.05, 0) is 35.9 Å². The molecule has 5 rings (SSSR count). The molecular formula is C30H32N4O5. The van der Waals surface area contributed by atoms with Crippen molar-refractivity contribution in [3.8, 4) is 11.5 Å². The molecule has 0 bridgehead atoms. The number of likely N-dealkylation sites (N-methyl/N-ethyl adjacent to an activating group) is 1. The molecule has 2 aliphatic rings. The summed E-state index contributed by atoms with van der Waals surface area (Å²) in [7, 11) is 4.91. The number of carbonyl (C=O) groups excluding carboxylic acids is 2. The highest BCUT2D eigenvalue weighted by Crippen LogP contribution is 2.43. The minimum absolute atomic E-state index is 0.0216. The zero-order valence-corrected chi connectivity index (χ0v) is 22.3. The molecule has 9 heteroatoms. The lowest BCUT2D eigenvalue weighted by atomic mass is 9.99. The van der Waals surface area contributed by atoms with Crippen LogP contribution in [0.4, 0.5) is 17.1 Å². The van der Waals surface area contributed by atoms with Crippen molar-refractivity contribution in [2.45, 2.75) is 0 Å². The molecular weight excluding hydrogens is 496 g/mol. The molecule has 0 saturated carbocycles. The second-order valence-corrected chi connectivity index (χ2v) is 9.34. The SMILES string of the molecule is COc1cc2c(cc1OC)C(=C(Nc1ccc(N(C)C(=O)CN3CCOCC3)cc1)c1ccccc1)C(=O)N2. The Hall–Kier alpha value is -4.34. The monoisotopic (exact) mass is 528 g/mol. The van der Waals surface area contributed by atoms with Crippen molar-refractivity contribution in [2.75, 3.05) is 69.6 Å². The summed E-state index contributed by atoms with van der Waals surface area (Å²) < 4.78 is 16.3. The first-order valence-electron chi connectivity index (χ1n) is 12.8. The number of fused-ring (bicyclic) bond motifs is 1. The molecule has 0 aromatic heterocycles. The maximum Gasteiger partial charge on any atom is 0.258 e. The Bertz CT molecular complexity index is 1380. The Morgan fingerprint density at radius 1 is 1.00 bits per heavy atom. The summed E-state index contributed by atoms with van der Waals surface area (Å²) in [5.74, 6) is 0.867. The predicted octanol–water partition coefficient (Wildman–Crippen LogP) is 3.93. The first-order chi connectivity index (χ1) is 19.0. The van der Waals surface area contributed by atoms with Crippen LogP contribution >= 0.6 is 0 Å². The molecule has 0 aliphatic carbocycles. The van der Waals surface area contributed by atoms with E-state index in [0.29, 0.717) is 53.8 Å². The van der Waals surface area contributed by atoms with Crippen molar-refractivity contribution in [1.82, 2.24) is 4.90 Å². The normalized spacial score (nSPS) is 16.2. The van der Waals surface area contributed by atoms with E-state index >= 15 is 0 Å². The molecule has 39 heavy (non-hydrogen) atoms. The molecule has 3 aromatic carbocycles. The lowest BCUT2D eigenvalue weighted by Crippen LogP contribution is -2.43. The largest absolute Gasteiger partial charge is 0.493 e. The average molecular weight is 529 g/mol. The van der Waals surface area contributed by atoms with Crippen LogP contribution in [-0.2, 0) is 14.3 Å². The molecule has 2 N–H and O–H groups in total. The van der Waals surface area contributed by atoms with Crippen LogP contribution in [0.2, 0.25) is 0 Å². The highest BCUT2D eigenvalue weighted by atomic mass is 16.5. The van der Waals surface area contributed by atoms with Crippen LogP contribution in [0, 0.1) is 0 Å². The molecule has 1 saturated heterocycles. The van der Waals surface area contributed by atoms with E-state index in [1.807, 2.05) is 60.7 Å². The third-order valence-corrected chi connectivity index (χ3v) is 6.94. The van der Waals surface area contributed by atoms with Crippen LogP contribution in [0.1, 0.15) is 11.1 Å². The minimum Gasteiger partial charge on any atom is -0.493 e. The van der Waals surface area contributed by atoms with Crippen molar-refractivity contribution in [2.24, 2.45) is 0 Å². The Labute approximate surface area is 228 Å². The molecule has 2 heterocycles. The van der Waals surface area contributed by atoms with Crippen LogP contribution in [0.3, 0.4) is 0 Å². The Morgan fingerprint density at radius 2 is 1.67 bits per heavy atom. The summed E-state index contributed by atoms with van der Waals surface area (Å²) >= 11 is 0. The van der Waals surface area contributed by atoms with Crippen LogP contribution in [0.5, 0.6) is 11.5 Å². The summed E-state index contributed by atoms with van der Waals surface area (Å²) in [4.78, 5) is 29.9. The van der Waals surface area contributed by atoms with Gasteiger partial charge in [0.05, 0.1) is 50.9 Å². The maximum absolute atomic E-state index is 13.3. The first-order valence-corrected chi connectivity index (χ1v) is 12.8. The molecule has 0 unspecified atom stereocenters. The number of nitrogens with one attached hydrogen (secondary N) is 2. The van der Waals surface area contributed by atoms with Gasteiger partial charge in [-0.3, -0.25) is 14.5 Å². The summed E-state index contributed by atoms with van der Waals surface area (Å²) in [6, 6.07) is 20.9. The van der Waals surface area contributed by atoms with Gasteiger partial charge in [0.15, 0.2) is 11.5 Å². The quantitative estimate of drug-likeness (QED) is 0.428. The summed E-state index contributed by atoms with van der Waals surface area (Å²) in [5, 5.41) is 6.41. The fourth-order valence-corrected chi connectivity index (χ4v) is 4.74. The average Bonchev–Trinajstić information content (AvgIpc) is 3.30. The molecule has 0 radical (unpaired) electrons. The van der Waals surface area contributed by atoms with Crippen molar-refractivity contribution in [3.05, 3.63) is 77.9 Å². The van der Waals surface area contributed by atoms with E-state index < -0.39 is 0 Å². The standard InChI is InChI=1S/C30H32N4O5/c1-33(27(35)19-34-13-15-39-16-14-34)22-11-9-21(10-12-22)31-29(20-7-5-4-6-8-20)28-23-17-25(37-2)26(38-3)18-24(23)32-30(28)36/h4-12,17-18,31H,13-16,19H2,1-3H3,(H,32,36). The van der Waals surface area contributed by atoms with Gasteiger partial charge in [0.25, 0.3) is 5.91 Å². The second kappa shape index (κ2) is 11.6. The highest BCUT2D eigenvalue weighted by molar-refractivity contribution is 6.37. The minimum atomic E-state index is -0.225. The fraction of sp³-hybridized carbons (Fsp3) is 0.267. The maximum atomic E-state index is 13.3. The van der Waals surface area contributed by atoms with Crippen LogP contribution in [0.15, 0.2) is 66.7 Å². The number of rotatable bonds is 8. The molecule has 1 fully saturated rings. The fourth-order valence-electron chi connectivity index (χ4n) is 4.74. The molecule has 2 aliphatic heterocycles. The van der Waals surface area contributed by atoms with E-state index in [1.54, 1.807) is 32.2 Å². The lowest BCUT2D eigenvalue weighted by molar-refractivity contribution is -0.120. The number of amides is 2. The van der Waals surface area contributed by atoms with Gasteiger partial charge in [0.1, 0.15) is 0 Å². The number of ether oxygens (including phenoxy) is 3. The number of morpholine rings is 1. The first kappa shape index (κ1) is 26.3. The number of carbonyl (C=O) groups is 2. The van der Waals surface area contributed by atoms with Gasteiger partial charge in [-0.2, -0.15) is 0 Å². The summed E-state index contributed by atoms with van der Waals surface area (Å²) in [6.45, 7) is 3.18. The lowest BCUT2D eigenvalue weighted by Gasteiger charge is -2.28. The third kappa shape index (κ3) is 5.59. The Kier molecular flexibility index (Phi) is 7.81. The Balaban J connectivity index is 1.44. The number of anilines is 3. The van der Waals surface area contributed by atoms with Gasteiger partial charge < -0.3 is 29.7 Å². The van der Waals surface area contributed by atoms with Crippen molar-refractivity contribution in [3.63, 3.8) is 0 Å². The molecule has 0 atom stereocenters. The van der Waals surface area contributed by atoms with E-state index in [2.05, 4.69) is 15.5 Å². The van der Waals surface area contributed by atoms with Crippen molar-refractivity contribution >= 4 is 40.1 Å². The van der Waals surface area contributed by atoms with Crippen molar-refractivity contribution in [1.29, 1.82) is 0 Å². The van der Waals surface area contributed by atoms with E-state index in [1.165, 1.54) is 0 Å². The van der Waals surface area contributed by atoms with E-state index in [0.717, 1.165) is 30.0 Å². The topological polar surface area (TPSA) is 92.4 Å². The van der Waals surface area contributed by atoms with E-state index in [4.69, 9.17) is 14.2 Å². The smallest absolute Gasteiger partial charge is 0.258 e. The van der Waals surface area contributed by atoms with Crippen LogP contribution < -0.4 is 25.0 Å². The van der Waals surface area contributed by atoms with Crippen LogP contribution in [0.25, 0.3) is 11.3 Å². The summed E-state index contributed by atoms with van der Waals surface area (Å²) in [5.41, 5.74) is 4.94. The predicted molar refractivity (Wildman–Crippen MR) is 152 cm³/mol. The highest BCUT2D eigenvalue weighted by Gasteiger charge is 2.30. The number of hydrogen-bond acceptors (Lipinski definition) is 7. The second-order valence-electron chi connectivity index (χ2n) is 9.34. The van der Waals surface area contributed by atoms with Gasteiger partial charge >= 0.3 is 0 Å². The van der Waals surface area contributed by atoms with Gasteiger partial charge in [0, 0.05) is 43.1 Å².